The number of rotatable bonds is 5. The molecule has 6 aromatic rings. The Morgan fingerprint density at radius 2 is 2.05 bits per heavy atom. The van der Waals surface area contributed by atoms with Gasteiger partial charge in [-0.2, -0.15) is 5.10 Å². The molecule has 1 aliphatic rings. The van der Waals surface area contributed by atoms with Gasteiger partial charge in [0.2, 0.25) is 5.91 Å². The zero-order chi connectivity index (χ0) is 24.9. The minimum atomic E-state index is -0.558. The van der Waals surface area contributed by atoms with E-state index in [1.807, 2.05) is 23.6 Å². The van der Waals surface area contributed by atoms with Gasteiger partial charge in [-0.05, 0) is 36.4 Å². The molecule has 3 N–H and O–H groups in total. The largest absolute Gasteiger partial charge is 0.324 e. The second-order valence-electron chi connectivity index (χ2n) is 8.98. The number of halogens is 1. The fourth-order valence-corrected chi connectivity index (χ4v) is 5.31. The van der Waals surface area contributed by atoms with Crippen LogP contribution in [0, 0.1) is 11.7 Å². The molecule has 37 heavy (non-hydrogen) atoms. The average Bonchev–Trinajstić information content (AvgIpc) is 3.62. The summed E-state index contributed by atoms with van der Waals surface area (Å²) in [7, 11) is 0. The van der Waals surface area contributed by atoms with E-state index in [-0.39, 0.29) is 22.9 Å². The predicted octanol–water partition coefficient (Wildman–Crippen LogP) is 5.56. The van der Waals surface area contributed by atoms with Gasteiger partial charge in [0, 0.05) is 34.3 Å². The number of imidazole rings is 1. The molecule has 0 radical (unpaired) electrons. The van der Waals surface area contributed by atoms with Gasteiger partial charge in [0.15, 0.2) is 17.3 Å². The number of carbonyl (C=O) groups excluding carboxylic acids is 1. The number of thiophene rings is 1. The molecular weight excluding hydrogens is 491 g/mol. The third-order valence-electron chi connectivity index (χ3n) is 6.70. The van der Waals surface area contributed by atoms with Crippen molar-refractivity contribution in [3.8, 4) is 33.2 Å². The third-order valence-corrected chi connectivity index (χ3v) is 7.60. The highest BCUT2D eigenvalue weighted by Gasteiger charge is 2.26. The van der Waals surface area contributed by atoms with E-state index in [1.54, 1.807) is 29.8 Å². The van der Waals surface area contributed by atoms with Crippen LogP contribution in [0.25, 0.3) is 55.3 Å². The SMILES string of the molecule is O=C(Nc1cncc(-c2ncc3[nH]nc(-c4nc5c(-c6cccs6)ccnc5[nH]4)c3c2F)c1)C1CCC1. The quantitative estimate of drug-likeness (QED) is 0.279. The molecule has 1 saturated carbocycles. The van der Waals surface area contributed by atoms with Crippen LogP contribution in [0.5, 0.6) is 0 Å². The van der Waals surface area contributed by atoms with E-state index in [0.717, 1.165) is 29.7 Å². The average molecular weight is 511 g/mol. The number of hydrogen-bond donors (Lipinski definition) is 3. The Balaban J connectivity index is 1.30. The van der Waals surface area contributed by atoms with Gasteiger partial charge in [0.05, 0.1) is 29.0 Å². The maximum absolute atomic E-state index is 16.0. The van der Waals surface area contributed by atoms with Crippen molar-refractivity contribution in [1.29, 1.82) is 0 Å². The summed E-state index contributed by atoms with van der Waals surface area (Å²) in [5.74, 6) is -0.167. The van der Waals surface area contributed by atoms with Crippen LogP contribution in [0.15, 0.2) is 54.4 Å². The Morgan fingerprint density at radius 3 is 2.86 bits per heavy atom. The molecule has 0 aliphatic heterocycles. The van der Waals surface area contributed by atoms with Crippen LogP contribution in [0.2, 0.25) is 0 Å². The van der Waals surface area contributed by atoms with Crippen molar-refractivity contribution < 1.29 is 9.18 Å². The first-order valence-electron chi connectivity index (χ1n) is 11.8. The number of hydrogen-bond acceptors (Lipinski definition) is 7. The predicted molar refractivity (Wildman–Crippen MR) is 139 cm³/mol. The molecule has 11 heteroatoms. The van der Waals surface area contributed by atoms with Gasteiger partial charge < -0.3 is 10.3 Å². The molecule has 7 rings (SSSR count). The molecule has 0 bridgehead atoms. The summed E-state index contributed by atoms with van der Waals surface area (Å²) in [5, 5.41) is 12.3. The van der Waals surface area contributed by atoms with E-state index < -0.39 is 5.82 Å². The Kier molecular flexibility index (Phi) is 5.03. The highest BCUT2D eigenvalue weighted by molar-refractivity contribution is 7.13. The zero-order valence-electron chi connectivity index (χ0n) is 19.3. The van der Waals surface area contributed by atoms with Crippen molar-refractivity contribution in [3.63, 3.8) is 0 Å². The van der Waals surface area contributed by atoms with Crippen molar-refractivity contribution in [1.82, 2.24) is 35.1 Å². The fourth-order valence-electron chi connectivity index (χ4n) is 4.55. The van der Waals surface area contributed by atoms with Gasteiger partial charge in [0.25, 0.3) is 0 Å². The smallest absolute Gasteiger partial charge is 0.227 e. The lowest BCUT2D eigenvalue weighted by Gasteiger charge is -2.24. The number of carbonyl (C=O) groups is 1. The van der Waals surface area contributed by atoms with Crippen LogP contribution >= 0.6 is 11.3 Å². The van der Waals surface area contributed by atoms with E-state index in [2.05, 4.69) is 35.5 Å². The lowest BCUT2D eigenvalue weighted by molar-refractivity contribution is -0.122. The summed E-state index contributed by atoms with van der Waals surface area (Å²) >= 11 is 1.61. The van der Waals surface area contributed by atoms with E-state index in [9.17, 15) is 4.79 Å². The molecule has 1 amide bonds. The molecule has 1 fully saturated rings. The van der Waals surface area contributed by atoms with Crippen molar-refractivity contribution in [2.45, 2.75) is 19.3 Å². The number of nitrogens with zero attached hydrogens (tertiary/aromatic N) is 5. The first-order valence-corrected chi connectivity index (χ1v) is 12.7. The van der Waals surface area contributed by atoms with Gasteiger partial charge in [-0.1, -0.05) is 12.5 Å². The van der Waals surface area contributed by atoms with E-state index in [1.165, 1.54) is 12.4 Å². The van der Waals surface area contributed by atoms with Crippen LogP contribution < -0.4 is 5.32 Å². The lowest BCUT2D eigenvalue weighted by atomic mass is 9.85. The van der Waals surface area contributed by atoms with E-state index >= 15 is 4.39 Å². The molecular formula is C26H19FN8OS. The minimum Gasteiger partial charge on any atom is -0.324 e. The Hall–Kier alpha value is -4.51. The van der Waals surface area contributed by atoms with Gasteiger partial charge in [-0.3, -0.25) is 19.9 Å². The molecule has 0 aromatic carbocycles. The summed E-state index contributed by atoms with van der Waals surface area (Å²) in [5.41, 5.74) is 4.04. The standard InChI is InChI=1S/C26H19FN8OS/c27-20-19-17(12-30-21(20)14-9-15(11-28-10-14)31-26(36)13-3-1-4-13)34-35-23(19)25-32-22-16(18-5-2-8-37-18)6-7-29-24(22)33-25/h2,5-13H,1,3-4H2,(H,31,36)(H,34,35)(H,29,32,33). The summed E-state index contributed by atoms with van der Waals surface area (Å²) in [6.45, 7) is 0. The topological polar surface area (TPSA) is 125 Å². The van der Waals surface area contributed by atoms with E-state index in [0.29, 0.717) is 39.4 Å². The minimum absolute atomic E-state index is 0.0296. The fraction of sp³-hybridized carbons (Fsp3) is 0.154. The number of pyridine rings is 3. The number of H-pyrrole nitrogens is 2. The normalized spacial score (nSPS) is 13.8. The second kappa shape index (κ2) is 8.56. The summed E-state index contributed by atoms with van der Waals surface area (Å²) in [6.07, 6.45) is 9.16. The van der Waals surface area contributed by atoms with E-state index in [4.69, 9.17) is 4.98 Å². The number of nitrogens with one attached hydrogen (secondary N) is 3. The third kappa shape index (κ3) is 3.66. The molecule has 182 valence electrons. The first kappa shape index (κ1) is 21.7. The molecule has 6 heterocycles. The molecule has 0 atom stereocenters. The Bertz CT molecular complexity index is 1790. The number of anilines is 1. The van der Waals surface area contributed by atoms with Gasteiger partial charge in [-0.15, -0.1) is 11.3 Å². The Morgan fingerprint density at radius 1 is 1.14 bits per heavy atom. The molecule has 0 saturated heterocycles. The van der Waals surface area contributed by atoms with Crippen molar-refractivity contribution in [2.24, 2.45) is 5.92 Å². The molecule has 9 nitrogen and oxygen atoms in total. The summed E-state index contributed by atoms with van der Waals surface area (Å²) < 4.78 is 16.0. The van der Waals surface area contributed by atoms with Crippen LogP contribution in [0.4, 0.5) is 10.1 Å². The number of aromatic nitrogens is 7. The van der Waals surface area contributed by atoms with Gasteiger partial charge in [-0.25, -0.2) is 14.4 Å². The highest BCUT2D eigenvalue weighted by Crippen LogP contribution is 2.35. The summed E-state index contributed by atoms with van der Waals surface area (Å²) in [4.78, 5) is 34.3. The lowest BCUT2D eigenvalue weighted by Crippen LogP contribution is -2.28. The van der Waals surface area contributed by atoms with Crippen molar-refractivity contribution in [2.75, 3.05) is 5.32 Å². The van der Waals surface area contributed by atoms with Crippen LogP contribution in [0.1, 0.15) is 19.3 Å². The molecule has 0 unspecified atom stereocenters. The summed E-state index contributed by atoms with van der Waals surface area (Å²) in [6, 6.07) is 7.59. The van der Waals surface area contributed by atoms with Gasteiger partial charge >= 0.3 is 0 Å². The molecule has 0 spiro atoms. The zero-order valence-corrected chi connectivity index (χ0v) is 20.1. The highest BCUT2D eigenvalue weighted by atomic mass is 32.1. The maximum atomic E-state index is 16.0. The number of fused-ring (bicyclic) bond motifs is 2. The van der Waals surface area contributed by atoms with Crippen LogP contribution in [0.3, 0.4) is 0 Å². The second-order valence-corrected chi connectivity index (χ2v) is 9.93. The van der Waals surface area contributed by atoms with Gasteiger partial charge in [0.1, 0.15) is 16.9 Å². The molecule has 1 aliphatic carbocycles. The Labute approximate surface area is 213 Å². The number of amides is 1. The first-order chi connectivity index (χ1) is 18.2. The number of aromatic amines is 2. The van der Waals surface area contributed by atoms with Crippen molar-refractivity contribution >= 4 is 45.0 Å². The maximum Gasteiger partial charge on any atom is 0.227 e. The monoisotopic (exact) mass is 510 g/mol. The van der Waals surface area contributed by atoms with Crippen LogP contribution in [-0.4, -0.2) is 41.0 Å². The van der Waals surface area contributed by atoms with Crippen molar-refractivity contribution in [3.05, 3.63) is 60.3 Å². The van der Waals surface area contributed by atoms with Crippen LogP contribution in [-0.2, 0) is 4.79 Å². The molecule has 6 aromatic heterocycles.